The van der Waals surface area contributed by atoms with Crippen LogP contribution in [0.1, 0.15) is 51.4 Å². The fourth-order valence-corrected chi connectivity index (χ4v) is 2.19. The van der Waals surface area contributed by atoms with Crippen molar-refractivity contribution in [3.8, 4) is 0 Å². The summed E-state index contributed by atoms with van der Waals surface area (Å²) in [6.07, 6.45) is 8.57. The molecule has 2 saturated carbocycles. The van der Waals surface area contributed by atoms with Gasteiger partial charge in [-0.25, -0.2) is 0 Å². The number of ether oxygens (including phenoxy) is 1. The summed E-state index contributed by atoms with van der Waals surface area (Å²) in [5.41, 5.74) is 5.46. The van der Waals surface area contributed by atoms with Crippen LogP contribution < -0.4 is 5.73 Å². The van der Waals surface area contributed by atoms with E-state index in [0.717, 1.165) is 25.7 Å². The summed E-state index contributed by atoms with van der Waals surface area (Å²) < 4.78 is 5.30. The topological polar surface area (TPSA) is 52.3 Å². The van der Waals surface area contributed by atoms with Crippen LogP contribution in [0.3, 0.4) is 0 Å². The third-order valence-electron chi connectivity index (χ3n) is 3.55. The van der Waals surface area contributed by atoms with Crippen LogP contribution in [0, 0.1) is 5.92 Å². The molecule has 0 atom stereocenters. The molecule has 2 rings (SSSR count). The smallest absolute Gasteiger partial charge is 0.326 e. The molecule has 2 fully saturated rings. The van der Waals surface area contributed by atoms with E-state index in [1.807, 2.05) is 0 Å². The van der Waals surface area contributed by atoms with Gasteiger partial charge in [0.1, 0.15) is 5.54 Å². The van der Waals surface area contributed by atoms with E-state index in [1.165, 1.54) is 25.7 Å². The molecule has 0 bridgehead atoms. The number of carbonyl (C=O) groups excluding carboxylic acids is 1. The number of rotatable bonds is 3. The zero-order valence-electron chi connectivity index (χ0n) is 9.34. The normalized spacial score (nSPS) is 25.7. The maximum Gasteiger partial charge on any atom is 0.326 e. The summed E-state index contributed by atoms with van der Waals surface area (Å²) in [5.74, 6) is 0.472. The molecule has 86 valence electrons. The minimum absolute atomic E-state index is 0.156. The van der Waals surface area contributed by atoms with Gasteiger partial charge in [-0.05, 0) is 31.6 Å². The van der Waals surface area contributed by atoms with Crippen molar-refractivity contribution in [2.75, 3.05) is 6.61 Å². The zero-order valence-corrected chi connectivity index (χ0v) is 9.34. The molecule has 0 amide bonds. The maximum atomic E-state index is 11.9. The van der Waals surface area contributed by atoms with Gasteiger partial charge in [0.15, 0.2) is 0 Å². The lowest BCUT2D eigenvalue weighted by molar-refractivity contribution is -0.151. The van der Waals surface area contributed by atoms with Crippen LogP contribution in [-0.4, -0.2) is 18.1 Å². The quantitative estimate of drug-likeness (QED) is 0.573. The SMILES string of the molecule is NC1(C(=O)OCC2CC2)CCCCCC1. The van der Waals surface area contributed by atoms with E-state index >= 15 is 0 Å². The maximum absolute atomic E-state index is 11.9. The van der Waals surface area contributed by atoms with E-state index in [-0.39, 0.29) is 5.97 Å². The highest BCUT2D eigenvalue weighted by atomic mass is 16.5. The van der Waals surface area contributed by atoms with Crippen molar-refractivity contribution in [3.05, 3.63) is 0 Å². The van der Waals surface area contributed by atoms with E-state index in [0.29, 0.717) is 12.5 Å². The fraction of sp³-hybridized carbons (Fsp3) is 0.917. The predicted octanol–water partition coefficient (Wildman–Crippen LogP) is 1.99. The van der Waals surface area contributed by atoms with E-state index in [2.05, 4.69) is 0 Å². The summed E-state index contributed by atoms with van der Waals surface area (Å²) in [4.78, 5) is 11.9. The Hall–Kier alpha value is -0.570. The Morgan fingerprint density at radius 2 is 1.80 bits per heavy atom. The van der Waals surface area contributed by atoms with Crippen molar-refractivity contribution in [1.82, 2.24) is 0 Å². The van der Waals surface area contributed by atoms with Gasteiger partial charge in [0, 0.05) is 0 Å². The van der Waals surface area contributed by atoms with Gasteiger partial charge in [0.25, 0.3) is 0 Å². The van der Waals surface area contributed by atoms with E-state index in [1.54, 1.807) is 0 Å². The molecule has 2 N–H and O–H groups in total. The first-order chi connectivity index (χ1) is 7.21. The van der Waals surface area contributed by atoms with Crippen LogP contribution in [0.2, 0.25) is 0 Å². The zero-order chi connectivity index (χ0) is 10.7. The molecule has 0 aromatic heterocycles. The number of esters is 1. The molecule has 2 aliphatic rings. The van der Waals surface area contributed by atoms with Gasteiger partial charge in [-0.1, -0.05) is 25.7 Å². The molecule has 0 spiro atoms. The first kappa shape index (κ1) is 10.9. The Kier molecular flexibility index (Phi) is 3.29. The van der Waals surface area contributed by atoms with Crippen LogP contribution in [-0.2, 0) is 9.53 Å². The average molecular weight is 211 g/mol. The molecule has 0 unspecified atom stereocenters. The summed E-state index contributed by atoms with van der Waals surface area (Å²) in [7, 11) is 0. The molecule has 0 aromatic rings. The minimum atomic E-state index is -0.675. The highest BCUT2D eigenvalue weighted by Crippen LogP contribution is 2.30. The summed E-state index contributed by atoms with van der Waals surface area (Å²) in [6, 6.07) is 0. The van der Waals surface area contributed by atoms with Gasteiger partial charge >= 0.3 is 5.97 Å². The number of carbonyl (C=O) groups is 1. The molecule has 0 aromatic carbocycles. The second kappa shape index (κ2) is 4.52. The first-order valence-corrected chi connectivity index (χ1v) is 6.17. The Bertz CT molecular complexity index is 228. The molecule has 0 saturated heterocycles. The lowest BCUT2D eigenvalue weighted by Gasteiger charge is -2.25. The third kappa shape index (κ3) is 2.94. The molecular formula is C12H21NO2. The highest BCUT2D eigenvalue weighted by molar-refractivity contribution is 5.80. The molecule has 0 radical (unpaired) electrons. The van der Waals surface area contributed by atoms with Gasteiger partial charge in [0.2, 0.25) is 0 Å². The lowest BCUT2D eigenvalue weighted by Crippen LogP contribution is -2.48. The molecule has 0 aliphatic heterocycles. The Labute approximate surface area is 91.4 Å². The third-order valence-corrected chi connectivity index (χ3v) is 3.55. The second-order valence-corrected chi connectivity index (χ2v) is 5.11. The average Bonchev–Trinajstić information content (AvgIpc) is 3.02. The Morgan fingerprint density at radius 3 is 2.33 bits per heavy atom. The number of hydrogen-bond acceptors (Lipinski definition) is 3. The molecule has 15 heavy (non-hydrogen) atoms. The van der Waals surface area contributed by atoms with E-state index in [9.17, 15) is 4.79 Å². The van der Waals surface area contributed by atoms with Crippen molar-refractivity contribution in [2.24, 2.45) is 11.7 Å². The van der Waals surface area contributed by atoms with Crippen molar-refractivity contribution >= 4 is 5.97 Å². The first-order valence-electron chi connectivity index (χ1n) is 6.17. The van der Waals surface area contributed by atoms with Crippen molar-refractivity contribution in [1.29, 1.82) is 0 Å². The van der Waals surface area contributed by atoms with Crippen LogP contribution in [0.15, 0.2) is 0 Å². The van der Waals surface area contributed by atoms with E-state index < -0.39 is 5.54 Å². The van der Waals surface area contributed by atoms with Crippen LogP contribution in [0.25, 0.3) is 0 Å². The Morgan fingerprint density at radius 1 is 1.20 bits per heavy atom. The van der Waals surface area contributed by atoms with Crippen molar-refractivity contribution < 1.29 is 9.53 Å². The van der Waals surface area contributed by atoms with Crippen LogP contribution in [0.4, 0.5) is 0 Å². The molecule has 3 nitrogen and oxygen atoms in total. The van der Waals surface area contributed by atoms with Gasteiger partial charge < -0.3 is 10.5 Å². The van der Waals surface area contributed by atoms with E-state index in [4.69, 9.17) is 10.5 Å². The summed E-state index contributed by atoms with van der Waals surface area (Å²) in [6.45, 7) is 0.595. The van der Waals surface area contributed by atoms with Gasteiger partial charge in [0.05, 0.1) is 6.61 Å². The van der Waals surface area contributed by atoms with Crippen LogP contribution >= 0.6 is 0 Å². The molecule has 0 heterocycles. The van der Waals surface area contributed by atoms with Gasteiger partial charge in [-0.15, -0.1) is 0 Å². The number of hydrogen-bond donors (Lipinski definition) is 1. The standard InChI is InChI=1S/C12H21NO2/c13-12(7-3-1-2-4-8-12)11(14)15-9-10-5-6-10/h10H,1-9,13H2. The number of nitrogens with two attached hydrogens (primary N) is 1. The largest absolute Gasteiger partial charge is 0.464 e. The Balaban J connectivity index is 1.83. The predicted molar refractivity (Wildman–Crippen MR) is 58.3 cm³/mol. The molecule has 3 heteroatoms. The van der Waals surface area contributed by atoms with Crippen LogP contribution in [0.5, 0.6) is 0 Å². The van der Waals surface area contributed by atoms with Crippen molar-refractivity contribution in [3.63, 3.8) is 0 Å². The van der Waals surface area contributed by atoms with Gasteiger partial charge in [-0.2, -0.15) is 0 Å². The summed E-state index contributed by atoms with van der Waals surface area (Å²) >= 11 is 0. The van der Waals surface area contributed by atoms with Crippen molar-refractivity contribution in [2.45, 2.75) is 56.9 Å². The lowest BCUT2D eigenvalue weighted by atomic mass is 9.92. The second-order valence-electron chi connectivity index (χ2n) is 5.11. The molecular weight excluding hydrogens is 190 g/mol. The monoisotopic (exact) mass is 211 g/mol. The highest BCUT2D eigenvalue weighted by Gasteiger charge is 2.36. The summed E-state index contributed by atoms with van der Waals surface area (Å²) in [5, 5.41) is 0. The fourth-order valence-electron chi connectivity index (χ4n) is 2.19. The van der Waals surface area contributed by atoms with Gasteiger partial charge in [-0.3, -0.25) is 4.79 Å². The molecule has 2 aliphatic carbocycles. The minimum Gasteiger partial charge on any atom is -0.464 e.